The summed E-state index contributed by atoms with van der Waals surface area (Å²) >= 11 is 0. The number of Topliss-reactive ketones (excluding diaryl/α,β-unsaturated/α-hetero) is 1. The maximum Gasteiger partial charge on any atom is 0.138 e. The second-order valence-electron chi connectivity index (χ2n) is 15.5. The van der Waals surface area contributed by atoms with Crippen LogP contribution in [-0.4, -0.2) is 18.0 Å². The van der Waals surface area contributed by atoms with Crippen LogP contribution in [0.5, 0.6) is 0 Å². The number of rotatable bonds is 2. The third kappa shape index (κ3) is 2.97. The summed E-state index contributed by atoms with van der Waals surface area (Å²) in [6.45, 7) is 23.1. The van der Waals surface area contributed by atoms with E-state index in [1.54, 1.807) is 0 Å². The van der Waals surface area contributed by atoms with E-state index in [0.29, 0.717) is 39.3 Å². The highest BCUT2D eigenvalue weighted by Crippen LogP contribution is 2.76. The standard InChI is InChI=1S/C31H52O2/c1-20(2)31(9)18-27(5,19-33-31)21-12-16-29(7)22(21)10-11-24-28(6)15-14-25(32)26(3,4)23(28)13-17-30(24,29)8/h20-24H,10-19H2,1-9H3/t21-,22+,23-,24+,27+,28-,29+,30+,31+/m0/s1. The maximum absolute atomic E-state index is 12.9. The van der Waals surface area contributed by atoms with Crippen molar-refractivity contribution in [3.63, 3.8) is 0 Å². The van der Waals surface area contributed by atoms with Crippen molar-refractivity contribution in [2.24, 2.45) is 56.7 Å². The molecule has 33 heavy (non-hydrogen) atoms. The van der Waals surface area contributed by atoms with E-state index in [1.807, 2.05) is 0 Å². The molecule has 0 bridgehead atoms. The Morgan fingerprint density at radius 3 is 2.09 bits per heavy atom. The van der Waals surface area contributed by atoms with Crippen LogP contribution in [0.2, 0.25) is 0 Å². The summed E-state index contributed by atoms with van der Waals surface area (Å²) in [6.07, 6.45) is 11.3. The molecule has 0 aromatic carbocycles. The zero-order valence-electron chi connectivity index (χ0n) is 23.3. The number of ketones is 1. The van der Waals surface area contributed by atoms with Gasteiger partial charge >= 0.3 is 0 Å². The molecule has 9 atom stereocenters. The highest BCUT2D eigenvalue weighted by molar-refractivity contribution is 5.85. The molecule has 0 N–H and O–H groups in total. The van der Waals surface area contributed by atoms with Crippen molar-refractivity contribution < 1.29 is 9.53 Å². The molecular formula is C31H52O2. The fraction of sp³-hybridized carbons (Fsp3) is 0.968. The van der Waals surface area contributed by atoms with Crippen LogP contribution >= 0.6 is 0 Å². The normalized spacial score (nSPS) is 55.9. The minimum Gasteiger partial charge on any atom is -0.374 e. The van der Waals surface area contributed by atoms with Crippen molar-refractivity contribution in [3.05, 3.63) is 0 Å². The first-order valence-electron chi connectivity index (χ1n) is 14.3. The second kappa shape index (κ2) is 7.10. The largest absolute Gasteiger partial charge is 0.374 e. The van der Waals surface area contributed by atoms with Crippen LogP contribution < -0.4 is 0 Å². The Bertz CT molecular complexity index is 829. The lowest BCUT2D eigenvalue weighted by atomic mass is 9.35. The van der Waals surface area contributed by atoms with Gasteiger partial charge in [-0.25, -0.2) is 0 Å². The molecule has 5 aliphatic rings. The van der Waals surface area contributed by atoms with Crippen molar-refractivity contribution in [2.45, 2.75) is 126 Å². The number of hydrogen-bond donors (Lipinski definition) is 0. The Hall–Kier alpha value is -0.370. The fourth-order valence-electron chi connectivity index (χ4n) is 11.2. The van der Waals surface area contributed by atoms with Gasteiger partial charge in [-0.3, -0.25) is 4.79 Å². The average molecular weight is 457 g/mol. The first-order chi connectivity index (χ1) is 15.1. The molecule has 4 saturated carbocycles. The van der Waals surface area contributed by atoms with Crippen molar-refractivity contribution in [3.8, 4) is 0 Å². The molecule has 0 radical (unpaired) electrons. The zero-order valence-corrected chi connectivity index (χ0v) is 23.3. The third-order valence-electron chi connectivity index (χ3n) is 13.7. The topological polar surface area (TPSA) is 26.3 Å². The monoisotopic (exact) mass is 456 g/mol. The lowest BCUT2D eigenvalue weighted by Crippen LogP contribution is -2.63. The first kappa shape index (κ1) is 24.3. The predicted octanol–water partition coefficient (Wildman–Crippen LogP) is 8.08. The quantitative estimate of drug-likeness (QED) is 0.420. The lowest BCUT2D eigenvalue weighted by Gasteiger charge is -2.69. The molecule has 1 heterocycles. The van der Waals surface area contributed by atoms with Crippen LogP contribution in [-0.2, 0) is 9.53 Å². The summed E-state index contributed by atoms with van der Waals surface area (Å²) in [7, 11) is 0. The molecule has 5 rings (SSSR count). The van der Waals surface area contributed by atoms with Crippen molar-refractivity contribution in [1.29, 1.82) is 0 Å². The third-order valence-corrected chi connectivity index (χ3v) is 13.7. The summed E-state index contributed by atoms with van der Waals surface area (Å²) < 4.78 is 6.56. The van der Waals surface area contributed by atoms with Crippen LogP contribution in [0, 0.1) is 56.7 Å². The van der Waals surface area contributed by atoms with Crippen LogP contribution in [0.1, 0.15) is 120 Å². The van der Waals surface area contributed by atoms with Gasteiger partial charge in [-0.15, -0.1) is 0 Å². The van der Waals surface area contributed by atoms with Crippen LogP contribution in [0.3, 0.4) is 0 Å². The molecule has 0 aromatic heterocycles. The maximum atomic E-state index is 12.9. The van der Waals surface area contributed by atoms with Gasteiger partial charge in [-0.2, -0.15) is 0 Å². The fourth-order valence-corrected chi connectivity index (χ4v) is 11.2. The number of fused-ring (bicyclic) bond motifs is 5. The first-order valence-corrected chi connectivity index (χ1v) is 14.3. The van der Waals surface area contributed by atoms with E-state index in [2.05, 4.69) is 62.3 Å². The van der Waals surface area contributed by atoms with Crippen LogP contribution in [0.15, 0.2) is 0 Å². The van der Waals surface area contributed by atoms with Gasteiger partial charge in [0.15, 0.2) is 0 Å². The average Bonchev–Trinajstić information content (AvgIpc) is 3.25. The van der Waals surface area contributed by atoms with E-state index in [1.165, 1.54) is 44.9 Å². The Morgan fingerprint density at radius 2 is 1.45 bits per heavy atom. The highest BCUT2D eigenvalue weighted by Gasteiger charge is 2.70. The predicted molar refractivity (Wildman–Crippen MR) is 136 cm³/mol. The Labute approximate surface area is 204 Å². The number of carbonyl (C=O) groups is 1. The van der Waals surface area contributed by atoms with Crippen molar-refractivity contribution in [1.82, 2.24) is 0 Å². The highest BCUT2D eigenvalue weighted by atomic mass is 16.5. The summed E-state index contributed by atoms with van der Waals surface area (Å²) in [5, 5.41) is 0. The van der Waals surface area contributed by atoms with E-state index >= 15 is 0 Å². The molecule has 188 valence electrons. The Balaban J connectivity index is 1.46. The van der Waals surface area contributed by atoms with E-state index in [9.17, 15) is 4.79 Å². The van der Waals surface area contributed by atoms with E-state index in [0.717, 1.165) is 37.2 Å². The summed E-state index contributed by atoms with van der Waals surface area (Å²) in [6, 6.07) is 0. The lowest BCUT2D eigenvalue weighted by molar-refractivity contribution is -0.204. The molecule has 1 saturated heterocycles. The number of hydrogen-bond acceptors (Lipinski definition) is 2. The molecule has 0 spiro atoms. The molecule has 0 unspecified atom stereocenters. The van der Waals surface area contributed by atoms with Gasteiger partial charge in [0, 0.05) is 11.8 Å². The van der Waals surface area contributed by atoms with E-state index in [-0.39, 0.29) is 11.0 Å². The minimum absolute atomic E-state index is 0.0423. The molecule has 0 amide bonds. The van der Waals surface area contributed by atoms with Gasteiger partial charge in [0.1, 0.15) is 5.78 Å². The molecule has 1 aliphatic heterocycles. The van der Waals surface area contributed by atoms with Gasteiger partial charge in [0.05, 0.1) is 12.2 Å². The van der Waals surface area contributed by atoms with Crippen LogP contribution in [0.4, 0.5) is 0 Å². The second-order valence-corrected chi connectivity index (χ2v) is 15.5. The van der Waals surface area contributed by atoms with Gasteiger partial charge in [-0.1, -0.05) is 55.4 Å². The van der Waals surface area contributed by atoms with Gasteiger partial charge in [0.2, 0.25) is 0 Å². The molecule has 4 aliphatic carbocycles. The summed E-state index contributed by atoms with van der Waals surface area (Å²) in [5.74, 6) is 4.07. The van der Waals surface area contributed by atoms with E-state index in [4.69, 9.17) is 4.74 Å². The smallest absolute Gasteiger partial charge is 0.138 e. The number of carbonyl (C=O) groups excluding carboxylic acids is 1. The summed E-state index contributed by atoms with van der Waals surface area (Å²) in [4.78, 5) is 12.9. The Morgan fingerprint density at radius 1 is 0.788 bits per heavy atom. The minimum atomic E-state index is -0.139. The van der Waals surface area contributed by atoms with Crippen molar-refractivity contribution in [2.75, 3.05) is 6.61 Å². The SMILES string of the molecule is CC(C)[C@@]1(C)C[C@@](C)([C@H]2CC[C@]3(C)[C@@H]2CC[C@@H]2[C@@]4(C)CCC(=O)C(C)(C)[C@@H]4CC[C@]23C)CO1. The molecule has 2 heteroatoms. The Kier molecular flexibility index (Phi) is 5.24. The van der Waals surface area contributed by atoms with Crippen LogP contribution in [0.25, 0.3) is 0 Å². The molecule has 0 aromatic rings. The van der Waals surface area contributed by atoms with Crippen molar-refractivity contribution >= 4 is 5.78 Å². The molecular weight excluding hydrogens is 404 g/mol. The number of ether oxygens (including phenoxy) is 1. The zero-order chi connectivity index (χ0) is 24.2. The van der Waals surface area contributed by atoms with E-state index < -0.39 is 0 Å². The summed E-state index contributed by atoms with van der Waals surface area (Å²) in [5.41, 5.74) is 1.39. The van der Waals surface area contributed by atoms with Gasteiger partial charge in [-0.05, 0) is 110 Å². The van der Waals surface area contributed by atoms with Gasteiger partial charge in [0.25, 0.3) is 0 Å². The molecule has 2 nitrogen and oxygen atoms in total. The molecule has 5 fully saturated rings. The van der Waals surface area contributed by atoms with Gasteiger partial charge < -0.3 is 4.74 Å².